The van der Waals surface area contributed by atoms with Crippen molar-refractivity contribution in [2.75, 3.05) is 87.4 Å². The lowest BCUT2D eigenvalue weighted by Gasteiger charge is -2.28. The van der Waals surface area contributed by atoms with E-state index >= 15 is 0 Å². The summed E-state index contributed by atoms with van der Waals surface area (Å²) in [5.74, 6) is -0.703. The minimum Gasteiger partial charge on any atom is -0.462 e. The zero-order valence-corrected chi connectivity index (χ0v) is 32.5. The number of quaternary nitrogens is 2. The zero-order valence-electron chi connectivity index (χ0n) is 32.5. The molecule has 0 radical (unpaired) electrons. The average Bonchev–Trinajstić information content (AvgIpc) is 3.01. The van der Waals surface area contributed by atoms with Gasteiger partial charge in [-0.2, -0.15) is 0 Å². The van der Waals surface area contributed by atoms with Gasteiger partial charge in [-0.15, -0.1) is 0 Å². The molecule has 0 aliphatic carbocycles. The van der Waals surface area contributed by atoms with Gasteiger partial charge in [0.1, 0.15) is 19.7 Å². The molecular weight excluding hydrogens is 608 g/mol. The highest BCUT2D eigenvalue weighted by Crippen LogP contribution is 2.12. The van der Waals surface area contributed by atoms with Crippen molar-refractivity contribution in [3.63, 3.8) is 0 Å². The van der Waals surface area contributed by atoms with Crippen molar-refractivity contribution >= 4 is 17.9 Å². The molecule has 0 heterocycles. The van der Waals surface area contributed by atoms with Gasteiger partial charge in [-0.1, -0.05) is 129 Å². The Balaban J connectivity index is 3.77. The Kier molecular flexibility index (Phi) is 30.2. The summed E-state index contributed by atoms with van der Waals surface area (Å²) in [7, 11) is 7.83. The lowest BCUT2D eigenvalue weighted by atomic mass is 10.1. The number of hydrogen-bond acceptors (Lipinski definition) is 7. The van der Waals surface area contributed by atoms with Gasteiger partial charge in [-0.25, -0.2) is 9.59 Å². The van der Waals surface area contributed by atoms with Crippen molar-refractivity contribution in [2.24, 2.45) is 0 Å². The predicted octanol–water partition coefficient (Wildman–Crippen LogP) is 8.02. The van der Waals surface area contributed by atoms with Crippen LogP contribution in [0.5, 0.6) is 0 Å². The third-order valence-electron chi connectivity index (χ3n) is 8.89. The molecule has 0 N–H and O–H groups in total. The minimum absolute atomic E-state index is 0.169. The van der Waals surface area contributed by atoms with Crippen molar-refractivity contribution in [1.29, 1.82) is 0 Å². The van der Waals surface area contributed by atoms with Crippen molar-refractivity contribution in [3.8, 4) is 0 Å². The Hall–Kier alpha value is -1.71. The summed E-state index contributed by atoms with van der Waals surface area (Å²) in [4.78, 5) is 36.7. The number of carbonyl (C=O) groups excluding carboxylic acids is 3. The molecule has 0 aliphatic rings. The smallest absolute Gasteiger partial charge is 0.361 e. The molecule has 9 heteroatoms. The Bertz CT molecular complexity index is 788. The van der Waals surface area contributed by atoms with E-state index in [1.807, 2.05) is 28.2 Å². The summed E-state index contributed by atoms with van der Waals surface area (Å²) in [5, 5.41) is 0. The Morgan fingerprint density at radius 2 is 0.729 bits per heavy atom. The molecule has 0 saturated heterocycles. The summed E-state index contributed by atoms with van der Waals surface area (Å²) < 4.78 is 22.8. The number of carbonyl (C=O) groups is 3. The first-order valence-corrected chi connectivity index (χ1v) is 19.7. The van der Waals surface area contributed by atoms with Crippen LogP contribution in [0, 0.1) is 0 Å². The van der Waals surface area contributed by atoms with Crippen LogP contribution in [0.2, 0.25) is 0 Å². The molecule has 0 aromatic heterocycles. The van der Waals surface area contributed by atoms with Crippen molar-refractivity contribution in [2.45, 2.75) is 149 Å². The first kappa shape index (κ1) is 46.3. The van der Waals surface area contributed by atoms with Gasteiger partial charge in [0.25, 0.3) is 0 Å². The van der Waals surface area contributed by atoms with Crippen molar-refractivity contribution in [3.05, 3.63) is 0 Å². The zero-order chi connectivity index (χ0) is 35.8. The second-order valence-electron chi connectivity index (χ2n) is 15.0. The van der Waals surface area contributed by atoms with Gasteiger partial charge in [0.15, 0.2) is 13.1 Å². The molecule has 0 saturated carbocycles. The number of unbranched alkanes of at least 4 members (excludes halogenated alkanes) is 18. The quantitative estimate of drug-likeness (QED) is 0.0289. The van der Waals surface area contributed by atoms with E-state index in [9.17, 15) is 14.4 Å². The van der Waals surface area contributed by atoms with Gasteiger partial charge >= 0.3 is 17.9 Å². The number of esters is 3. The van der Waals surface area contributed by atoms with E-state index in [-0.39, 0.29) is 44.1 Å². The topological polar surface area (TPSA) is 88.1 Å². The summed E-state index contributed by atoms with van der Waals surface area (Å²) in [6.07, 6.45) is 25.2. The van der Waals surface area contributed by atoms with Gasteiger partial charge < -0.3 is 27.9 Å². The van der Waals surface area contributed by atoms with E-state index in [1.165, 1.54) is 103 Å². The number of rotatable bonds is 35. The van der Waals surface area contributed by atoms with Crippen LogP contribution in [0.3, 0.4) is 0 Å². The molecule has 0 fully saturated rings. The maximum atomic E-state index is 12.3. The molecule has 48 heavy (non-hydrogen) atoms. The van der Waals surface area contributed by atoms with Gasteiger partial charge in [-0.3, -0.25) is 4.79 Å². The van der Waals surface area contributed by atoms with Crippen molar-refractivity contribution < 1.29 is 42.3 Å². The fourth-order valence-electron chi connectivity index (χ4n) is 5.55. The molecule has 0 aromatic carbocycles. The fourth-order valence-corrected chi connectivity index (χ4v) is 5.55. The third kappa shape index (κ3) is 32.8. The Morgan fingerprint density at radius 1 is 0.396 bits per heavy atom. The lowest BCUT2D eigenvalue weighted by molar-refractivity contribution is -0.883. The molecule has 0 aromatic rings. The molecule has 0 bridgehead atoms. The molecule has 0 aliphatic heterocycles. The molecule has 0 spiro atoms. The lowest BCUT2D eigenvalue weighted by Crippen LogP contribution is -2.46. The summed E-state index contributed by atoms with van der Waals surface area (Å²) >= 11 is 0. The monoisotopic (exact) mass is 687 g/mol. The number of nitrogens with zero attached hydrogens (tertiary/aromatic N) is 2. The molecule has 0 atom stereocenters. The Morgan fingerprint density at radius 3 is 1.12 bits per heavy atom. The van der Waals surface area contributed by atoms with Crippen LogP contribution in [0.1, 0.15) is 149 Å². The summed E-state index contributed by atoms with van der Waals surface area (Å²) in [6.45, 7) is 8.13. The average molecular weight is 687 g/mol. The van der Waals surface area contributed by atoms with Crippen LogP contribution in [0.15, 0.2) is 0 Å². The third-order valence-corrected chi connectivity index (χ3v) is 8.89. The number of ether oxygens (including phenoxy) is 4. The van der Waals surface area contributed by atoms with Gasteiger partial charge in [-0.05, 0) is 12.8 Å². The van der Waals surface area contributed by atoms with E-state index in [0.29, 0.717) is 48.4 Å². The molecule has 284 valence electrons. The predicted molar refractivity (Wildman–Crippen MR) is 196 cm³/mol. The van der Waals surface area contributed by atoms with Crippen LogP contribution >= 0.6 is 0 Å². The van der Waals surface area contributed by atoms with E-state index < -0.39 is 0 Å². The summed E-state index contributed by atoms with van der Waals surface area (Å²) in [5.41, 5.74) is 0. The highest BCUT2D eigenvalue weighted by atomic mass is 16.5. The molecular formula is C39H78N2O7+2. The molecule has 9 nitrogen and oxygen atoms in total. The van der Waals surface area contributed by atoms with E-state index in [0.717, 1.165) is 25.7 Å². The van der Waals surface area contributed by atoms with Crippen LogP contribution in [-0.4, -0.2) is 114 Å². The van der Waals surface area contributed by atoms with E-state index in [4.69, 9.17) is 18.9 Å². The SMILES string of the molecule is CCCCCCCCCCCCOC(=O)C[N+](C)(C)CCOCCC(=O)OCC[N+](C)(C)CC(=O)OCCCCCCCCCCCC. The largest absolute Gasteiger partial charge is 0.462 e. The van der Waals surface area contributed by atoms with Gasteiger partial charge in [0.2, 0.25) is 0 Å². The molecule has 0 rings (SSSR count). The highest BCUT2D eigenvalue weighted by molar-refractivity contribution is 5.71. The standard InChI is InChI=1S/C39H78N2O7/c1-7-9-11-13-15-17-19-21-23-25-30-46-38(43)35-40(3,4)28-33-45-32-27-37(42)48-34-29-41(5,6)36-39(44)47-31-26-24-22-20-18-16-14-12-10-8-2/h7-36H2,1-6H3/q+2. The van der Waals surface area contributed by atoms with E-state index in [2.05, 4.69) is 13.8 Å². The van der Waals surface area contributed by atoms with Gasteiger partial charge in [0, 0.05) is 0 Å². The minimum atomic E-state index is -0.317. The maximum Gasteiger partial charge on any atom is 0.361 e. The van der Waals surface area contributed by atoms with Crippen molar-refractivity contribution in [1.82, 2.24) is 0 Å². The van der Waals surface area contributed by atoms with Crippen LogP contribution in [0.4, 0.5) is 0 Å². The molecule has 0 amide bonds. The fraction of sp³-hybridized carbons (Fsp3) is 0.923. The summed E-state index contributed by atoms with van der Waals surface area (Å²) in [6, 6.07) is 0. The van der Waals surface area contributed by atoms with Gasteiger partial charge in [0.05, 0.1) is 61.0 Å². The highest BCUT2D eigenvalue weighted by Gasteiger charge is 2.23. The maximum absolute atomic E-state index is 12.3. The van der Waals surface area contributed by atoms with E-state index in [1.54, 1.807) is 0 Å². The number of hydrogen-bond donors (Lipinski definition) is 0. The first-order valence-electron chi connectivity index (χ1n) is 19.7. The van der Waals surface area contributed by atoms with Crippen LogP contribution in [-0.2, 0) is 33.3 Å². The molecule has 0 unspecified atom stereocenters. The normalized spacial score (nSPS) is 11.9. The Labute approximate surface area is 295 Å². The van der Waals surface area contributed by atoms with Crippen LogP contribution in [0.25, 0.3) is 0 Å². The second kappa shape index (κ2) is 31.3. The number of likely N-dealkylation sites (N-methyl/N-ethyl adjacent to an activating group) is 2. The van der Waals surface area contributed by atoms with Crippen LogP contribution < -0.4 is 0 Å². The first-order chi connectivity index (χ1) is 23.0. The second-order valence-corrected chi connectivity index (χ2v) is 15.0.